The summed E-state index contributed by atoms with van der Waals surface area (Å²) in [6, 6.07) is 0. The molecule has 84 valence electrons. The number of hydrogen-bond donors (Lipinski definition) is 3. The molecule has 6 heteroatoms. The molecule has 0 aromatic carbocycles. The minimum Gasteiger partial charge on any atom is -0.393 e. The van der Waals surface area contributed by atoms with Crippen molar-refractivity contribution >= 4 is 5.78 Å². The number of rotatable bonds is 7. The molecular weight excluding hydrogens is 192 g/mol. The van der Waals surface area contributed by atoms with E-state index in [4.69, 9.17) is 14.9 Å². The van der Waals surface area contributed by atoms with E-state index in [1.807, 2.05) is 0 Å². The number of carbonyl (C=O) groups excluding carboxylic acids is 1. The number of aliphatic hydroxyl groups is 3. The van der Waals surface area contributed by atoms with E-state index in [0.717, 1.165) is 0 Å². The Bertz CT molecular complexity index is 171. The molecule has 0 aliphatic carbocycles. The molecule has 0 saturated heterocycles. The first-order valence-electron chi connectivity index (χ1n) is 4.10. The van der Waals surface area contributed by atoms with Crippen molar-refractivity contribution in [2.24, 2.45) is 0 Å². The molecule has 0 rings (SSSR count). The first-order chi connectivity index (χ1) is 6.58. The van der Waals surface area contributed by atoms with Gasteiger partial charge in [0.05, 0.1) is 13.2 Å². The SMILES string of the molecule is COC[C@@H](O)[C@@H](OC)C(=O)[C@@H](O)CO. The molecule has 0 unspecified atom stereocenters. The van der Waals surface area contributed by atoms with Crippen LogP contribution in [-0.2, 0) is 14.3 Å². The zero-order valence-corrected chi connectivity index (χ0v) is 8.21. The fraction of sp³-hybridized carbons (Fsp3) is 0.875. The summed E-state index contributed by atoms with van der Waals surface area (Å²) in [6.45, 7) is -0.777. The van der Waals surface area contributed by atoms with Gasteiger partial charge in [0.1, 0.15) is 18.3 Å². The molecule has 0 aromatic rings. The second kappa shape index (κ2) is 6.86. The van der Waals surface area contributed by atoms with Crippen molar-refractivity contribution in [3.05, 3.63) is 0 Å². The predicted octanol–water partition coefficient (Wildman–Crippen LogP) is -2.07. The summed E-state index contributed by atoms with van der Waals surface area (Å²) >= 11 is 0. The first kappa shape index (κ1) is 13.5. The lowest BCUT2D eigenvalue weighted by Crippen LogP contribution is -2.44. The predicted molar refractivity (Wildman–Crippen MR) is 46.8 cm³/mol. The van der Waals surface area contributed by atoms with Gasteiger partial charge in [-0.2, -0.15) is 0 Å². The second-order valence-corrected chi connectivity index (χ2v) is 2.78. The third kappa shape index (κ3) is 3.69. The van der Waals surface area contributed by atoms with Crippen LogP contribution in [0.25, 0.3) is 0 Å². The molecule has 3 atom stereocenters. The zero-order valence-electron chi connectivity index (χ0n) is 8.21. The Morgan fingerprint density at radius 3 is 2.29 bits per heavy atom. The molecule has 0 aliphatic rings. The van der Waals surface area contributed by atoms with E-state index in [0.29, 0.717) is 0 Å². The largest absolute Gasteiger partial charge is 0.393 e. The fourth-order valence-corrected chi connectivity index (χ4v) is 1.00. The monoisotopic (exact) mass is 208 g/mol. The lowest BCUT2D eigenvalue weighted by Gasteiger charge is -2.21. The fourth-order valence-electron chi connectivity index (χ4n) is 1.00. The van der Waals surface area contributed by atoms with Gasteiger partial charge < -0.3 is 24.8 Å². The highest BCUT2D eigenvalue weighted by Crippen LogP contribution is 2.04. The lowest BCUT2D eigenvalue weighted by molar-refractivity contribution is -0.148. The summed E-state index contributed by atoms with van der Waals surface area (Å²) < 4.78 is 9.32. The minimum atomic E-state index is -1.54. The molecule has 6 nitrogen and oxygen atoms in total. The van der Waals surface area contributed by atoms with Crippen molar-refractivity contribution < 1.29 is 29.6 Å². The number of hydrogen-bond acceptors (Lipinski definition) is 6. The Labute approximate surface area is 82.1 Å². The average Bonchev–Trinajstić information content (AvgIpc) is 2.18. The number of ether oxygens (including phenoxy) is 2. The van der Waals surface area contributed by atoms with E-state index in [2.05, 4.69) is 4.74 Å². The van der Waals surface area contributed by atoms with E-state index in [1.54, 1.807) is 0 Å². The third-order valence-electron chi connectivity index (χ3n) is 1.72. The molecule has 14 heavy (non-hydrogen) atoms. The van der Waals surface area contributed by atoms with Gasteiger partial charge in [-0.25, -0.2) is 0 Å². The standard InChI is InChI=1S/C8H16O6/c1-13-4-6(11)8(14-2)7(12)5(10)3-9/h5-6,8-11H,3-4H2,1-2H3/t5-,6+,8+/m0/s1. The number of ketones is 1. The van der Waals surface area contributed by atoms with Crippen LogP contribution in [0.4, 0.5) is 0 Å². The van der Waals surface area contributed by atoms with Crippen LogP contribution in [0.2, 0.25) is 0 Å². The van der Waals surface area contributed by atoms with E-state index in [1.165, 1.54) is 14.2 Å². The van der Waals surface area contributed by atoms with Crippen LogP contribution in [0.3, 0.4) is 0 Å². The van der Waals surface area contributed by atoms with Crippen LogP contribution >= 0.6 is 0 Å². The van der Waals surface area contributed by atoms with Crippen LogP contribution in [0.1, 0.15) is 0 Å². The minimum absolute atomic E-state index is 0.0810. The Hall–Kier alpha value is -0.530. The summed E-state index contributed by atoms with van der Waals surface area (Å²) in [5, 5.41) is 26.9. The lowest BCUT2D eigenvalue weighted by atomic mass is 10.1. The van der Waals surface area contributed by atoms with Gasteiger partial charge in [-0.1, -0.05) is 0 Å². The van der Waals surface area contributed by atoms with Crippen LogP contribution in [0, 0.1) is 0 Å². The molecule has 0 heterocycles. The van der Waals surface area contributed by atoms with E-state index in [-0.39, 0.29) is 6.61 Å². The Morgan fingerprint density at radius 2 is 1.93 bits per heavy atom. The Morgan fingerprint density at radius 1 is 1.36 bits per heavy atom. The molecule has 0 aromatic heterocycles. The Kier molecular flexibility index (Phi) is 6.60. The topological polar surface area (TPSA) is 96.2 Å². The Balaban J connectivity index is 4.31. The summed E-state index contributed by atoms with van der Waals surface area (Å²) in [6.07, 6.45) is -3.87. The van der Waals surface area contributed by atoms with Gasteiger partial charge in [-0.3, -0.25) is 4.79 Å². The van der Waals surface area contributed by atoms with Gasteiger partial charge >= 0.3 is 0 Å². The molecule has 0 amide bonds. The van der Waals surface area contributed by atoms with Gasteiger partial charge in [0.25, 0.3) is 0 Å². The summed E-state index contributed by atoms with van der Waals surface area (Å²) in [5.74, 6) is -0.764. The third-order valence-corrected chi connectivity index (χ3v) is 1.72. The highest BCUT2D eigenvalue weighted by atomic mass is 16.5. The highest BCUT2D eigenvalue weighted by Gasteiger charge is 2.30. The molecule has 0 saturated carbocycles. The van der Waals surface area contributed by atoms with Crippen molar-refractivity contribution in [2.75, 3.05) is 27.4 Å². The maximum absolute atomic E-state index is 11.3. The maximum atomic E-state index is 11.3. The first-order valence-corrected chi connectivity index (χ1v) is 4.10. The van der Waals surface area contributed by atoms with Crippen molar-refractivity contribution in [3.63, 3.8) is 0 Å². The smallest absolute Gasteiger partial charge is 0.194 e. The normalized spacial score (nSPS) is 17.5. The summed E-state index contributed by atoms with van der Waals surface area (Å²) in [4.78, 5) is 11.3. The average molecular weight is 208 g/mol. The van der Waals surface area contributed by atoms with E-state index in [9.17, 15) is 9.90 Å². The molecule has 3 N–H and O–H groups in total. The molecule has 0 radical (unpaired) electrons. The molecule has 0 fully saturated rings. The van der Waals surface area contributed by atoms with Gasteiger partial charge in [0.15, 0.2) is 5.78 Å². The van der Waals surface area contributed by atoms with Crippen LogP contribution in [-0.4, -0.2) is 66.8 Å². The van der Waals surface area contributed by atoms with Crippen molar-refractivity contribution in [3.8, 4) is 0 Å². The maximum Gasteiger partial charge on any atom is 0.194 e. The van der Waals surface area contributed by atoms with Gasteiger partial charge in [0.2, 0.25) is 0 Å². The van der Waals surface area contributed by atoms with Gasteiger partial charge in [0, 0.05) is 14.2 Å². The summed E-state index contributed by atoms with van der Waals surface area (Å²) in [7, 11) is 2.59. The molecular formula is C8H16O6. The van der Waals surface area contributed by atoms with Crippen LogP contribution in [0.5, 0.6) is 0 Å². The number of carbonyl (C=O) groups is 1. The number of Topliss-reactive ketones (excluding diaryl/α,β-unsaturated/α-hetero) is 1. The molecule has 0 bridgehead atoms. The number of aliphatic hydroxyl groups excluding tert-OH is 3. The van der Waals surface area contributed by atoms with Crippen molar-refractivity contribution in [1.29, 1.82) is 0 Å². The van der Waals surface area contributed by atoms with Crippen molar-refractivity contribution in [2.45, 2.75) is 18.3 Å². The number of methoxy groups -OCH3 is 2. The van der Waals surface area contributed by atoms with Crippen LogP contribution < -0.4 is 0 Å². The van der Waals surface area contributed by atoms with Crippen molar-refractivity contribution in [1.82, 2.24) is 0 Å². The van der Waals surface area contributed by atoms with E-state index >= 15 is 0 Å². The highest BCUT2D eigenvalue weighted by molar-refractivity contribution is 5.87. The quantitative estimate of drug-likeness (QED) is 0.445. The van der Waals surface area contributed by atoms with Gasteiger partial charge in [-0.05, 0) is 0 Å². The molecule has 0 spiro atoms. The second-order valence-electron chi connectivity index (χ2n) is 2.78. The van der Waals surface area contributed by atoms with E-state index < -0.39 is 30.7 Å². The zero-order chi connectivity index (χ0) is 11.1. The van der Waals surface area contributed by atoms with Crippen LogP contribution in [0.15, 0.2) is 0 Å². The molecule has 0 aliphatic heterocycles. The summed E-state index contributed by atoms with van der Waals surface area (Å²) in [5.41, 5.74) is 0. The van der Waals surface area contributed by atoms with Gasteiger partial charge in [-0.15, -0.1) is 0 Å².